The van der Waals surface area contributed by atoms with Gasteiger partial charge in [-0.2, -0.15) is 0 Å². The molecule has 0 aliphatic rings. The Bertz CT molecular complexity index is 1070. The average molecular weight is 508 g/mol. The van der Waals surface area contributed by atoms with E-state index in [1.807, 2.05) is 0 Å². The molecule has 12 heteroatoms. The van der Waals surface area contributed by atoms with Crippen molar-refractivity contribution in [2.45, 2.75) is 34.0 Å². The summed E-state index contributed by atoms with van der Waals surface area (Å²) in [5.41, 5.74) is -0.770. The molecule has 36 heavy (non-hydrogen) atoms. The summed E-state index contributed by atoms with van der Waals surface area (Å²) in [6.45, 7) is 4.68. The maximum atomic E-state index is 11.7. The van der Waals surface area contributed by atoms with Crippen LogP contribution in [0.15, 0.2) is 44.2 Å². The zero-order chi connectivity index (χ0) is 27.1. The normalized spacial score (nSPS) is 10.5. The monoisotopic (exact) mass is 508 g/mol. The van der Waals surface area contributed by atoms with E-state index in [2.05, 4.69) is 4.74 Å². The first kappa shape index (κ1) is 29.9. The van der Waals surface area contributed by atoms with E-state index in [1.165, 1.54) is 24.3 Å². The number of rotatable bonds is 11. The molecule has 12 nitrogen and oxygen atoms in total. The lowest BCUT2D eigenvalue weighted by Gasteiger charge is -2.05. The van der Waals surface area contributed by atoms with Crippen molar-refractivity contribution in [2.75, 3.05) is 19.8 Å². The van der Waals surface area contributed by atoms with Crippen LogP contribution in [0.25, 0.3) is 12.2 Å². The lowest BCUT2D eigenvalue weighted by atomic mass is 10.2. The fraction of sp³-hybridized carbons (Fsp3) is 0.333. The van der Waals surface area contributed by atoms with Gasteiger partial charge in [-0.1, -0.05) is 0 Å². The molecule has 0 radical (unpaired) electrons. The molecule has 0 saturated carbocycles. The zero-order valence-electron chi connectivity index (χ0n) is 20.0. The van der Waals surface area contributed by atoms with E-state index < -0.39 is 29.5 Å². The summed E-state index contributed by atoms with van der Waals surface area (Å²) in [5.74, 6) is -2.83. The number of carboxylic acid groups (broad SMARTS) is 1. The van der Waals surface area contributed by atoms with Gasteiger partial charge in [-0.25, -0.2) is 19.2 Å². The van der Waals surface area contributed by atoms with Crippen molar-refractivity contribution < 1.29 is 57.5 Å². The summed E-state index contributed by atoms with van der Waals surface area (Å²) in [5, 5.41) is 26.5. The second-order valence-electron chi connectivity index (χ2n) is 6.51. The van der Waals surface area contributed by atoms with Gasteiger partial charge in [0.15, 0.2) is 0 Å². The van der Waals surface area contributed by atoms with Crippen LogP contribution in [0.4, 0.5) is 0 Å². The van der Waals surface area contributed by atoms with E-state index in [-0.39, 0.29) is 55.9 Å². The van der Waals surface area contributed by atoms with Crippen molar-refractivity contribution in [1.29, 1.82) is 0 Å². The molecule has 3 N–H and O–H groups in total. The van der Waals surface area contributed by atoms with Gasteiger partial charge in [0, 0.05) is 12.2 Å². The minimum absolute atomic E-state index is 0.0868. The second kappa shape index (κ2) is 15.7. The van der Waals surface area contributed by atoms with Crippen molar-refractivity contribution >= 4 is 36.0 Å². The average Bonchev–Trinajstić information content (AvgIpc) is 3.50. The Labute approximate surface area is 206 Å². The molecule has 0 amide bonds. The summed E-state index contributed by atoms with van der Waals surface area (Å²) in [6, 6.07) is 6.01. The molecule has 0 atom stereocenters. The summed E-state index contributed by atoms with van der Waals surface area (Å²) in [7, 11) is 0. The highest BCUT2D eigenvalue weighted by Gasteiger charge is 2.22. The number of aliphatic carboxylic acids is 1. The van der Waals surface area contributed by atoms with Crippen molar-refractivity contribution in [3.63, 3.8) is 0 Å². The molecule has 2 aromatic rings. The van der Waals surface area contributed by atoms with Gasteiger partial charge in [0.1, 0.15) is 47.4 Å². The highest BCUT2D eigenvalue weighted by Crippen LogP contribution is 2.15. The number of carboxylic acids is 1. The topological polar surface area (TPSA) is 183 Å². The lowest BCUT2D eigenvalue weighted by Crippen LogP contribution is -2.18. The van der Waals surface area contributed by atoms with Crippen molar-refractivity contribution in [1.82, 2.24) is 0 Å². The van der Waals surface area contributed by atoms with Crippen LogP contribution in [0.3, 0.4) is 0 Å². The number of aliphatic hydroxyl groups excluding tert-OH is 2. The second-order valence-corrected chi connectivity index (χ2v) is 6.51. The minimum Gasteiger partial charge on any atom is -0.477 e. The largest absolute Gasteiger partial charge is 0.477 e. The van der Waals surface area contributed by atoms with Gasteiger partial charge in [-0.3, -0.25) is 0 Å². The highest BCUT2D eigenvalue weighted by molar-refractivity contribution is 6.17. The van der Waals surface area contributed by atoms with Crippen molar-refractivity contribution in [3.05, 3.63) is 58.5 Å². The Morgan fingerprint density at radius 2 is 1.06 bits per heavy atom. The summed E-state index contributed by atoms with van der Waals surface area (Å²) < 4.78 is 24.4. The van der Waals surface area contributed by atoms with Crippen molar-refractivity contribution in [2.24, 2.45) is 0 Å². The third-order valence-corrected chi connectivity index (χ3v) is 3.97. The Balaban J connectivity index is 0.000000362. The Morgan fingerprint density at radius 1 is 0.694 bits per heavy atom. The number of carbonyl (C=O) groups excluding carboxylic acids is 3. The molecule has 2 heterocycles. The Hall–Kier alpha value is -4.16. The molecular formula is C24H28O12. The quantitative estimate of drug-likeness (QED) is 0.132. The standard InChI is InChI=1S/C13H16O6.C11H12O6/c1-3-17-12(15)11(13(16)18-4-2)7-9-5-6-10(8-14)19-9;1-2-16-11(15)9(10(13)14)5-7-3-4-8(6-12)17-7/h5-7,14H,3-4,8H2,1-2H3;3-5,12H,2,6H2,1H3,(H,13,14)/b;9-5+. The molecule has 0 aliphatic carbocycles. The number of hydrogen-bond donors (Lipinski definition) is 3. The number of carbonyl (C=O) groups is 4. The third-order valence-electron chi connectivity index (χ3n) is 3.97. The number of esters is 3. The molecule has 0 aliphatic heterocycles. The third kappa shape index (κ3) is 9.60. The predicted molar refractivity (Wildman–Crippen MR) is 123 cm³/mol. The van der Waals surface area contributed by atoms with E-state index in [0.29, 0.717) is 5.76 Å². The van der Waals surface area contributed by atoms with E-state index >= 15 is 0 Å². The fourth-order valence-electron chi connectivity index (χ4n) is 2.43. The maximum Gasteiger partial charge on any atom is 0.345 e. The van der Waals surface area contributed by atoms with E-state index in [9.17, 15) is 19.2 Å². The molecular weight excluding hydrogens is 480 g/mol. The van der Waals surface area contributed by atoms with Crippen molar-refractivity contribution in [3.8, 4) is 0 Å². The van der Waals surface area contributed by atoms with Crippen LogP contribution in [-0.4, -0.2) is 59.0 Å². The first-order valence-corrected chi connectivity index (χ1v) is 10.8. The molecule has 0 aromatic carbocycles. The molecule has 0 bridgehead atoms. The minimum atomic E-state index is -1.40. The van der Waals surface area contributed by atoms with Gasteiger partial charge in [-0.05, 0) is 45.0 Å². The maximum absolute atomic E-state index is 11.7. The first-order chi connectivity index (χ1) is 17.2. The molecule has 0 fully saturated rings. The molecule has 0 spiro atoms. The number of hydrogen-bond acceptors (Lipinski definition) is 11. The first-order valence-electron chi connectivity index (χ1n) is 10.8. The number of furan rings is 2. The Kier molecular flexibility index (Phi) is 13.0. The van der Waals surface area contributed by atoms with Crippen LogP contribution in [0.5, 0.6) is 0 Å². The SMILES string of the molecule is CCOC(=O)/C(=C/c1ccc(CO)o1)C(=O)O.CCOC(=O)C(=Cc1ccc(CO)o1)C(=O)OCC. The van der Waals surface area contributed by atoms with Gasteiger partial charge >= 0.3 is 23.9 Å². The van der Waals surface area contributed by atoms with Crippen LogP contribution in [0.1, 0.15) is 43.8 Å². The molecule has 2 aromatic heterocycles. The van der Waals surface area contributed by atoms with Crippen LogP contribution in [0.2, 0.25) is 0 Å². The van der Waals surface area contributed by atoms with E-state index in [1.54, 1.807) is 26.8 Å². The molecule has 2 rings (SSSR count). The predicted octanol–water partition coefficient (Wildman–Crippen LogP) is 2.08. The molecule has 196 valence electrons. The fourth-order valence-corrected chi connectivity index (χ4v) is 2.43. The van der Waals surface area contributed by atoms with Crippen LogP contribution >= 0.6 is 0 Å². The highest BCUT2D eigenvalue weighted by atomic mass is 16.6. The van der Waals surface area contributed by atoms with Crippen LogP contribution < -0.4 is 0 Å². The lowest BCUT2D eigenvalue weighted by molar-refractivity contribution is -0.147. The number of ether oxygens (including phenoxy) is 3. The molecule has 0 saturated heterocycles. The Morgan fingerprint density at radius 3 is 1.36 bits per heavy atom. The summed E-state index contributed by atoms with van der Waals surface area (Å²) >= 11 is 0. The molecule has 0 unspecified atom stereocenters. The van der Waals surface area contributed by atoms with Gasteiger partial charge in [0.2, 0.25) is 0 Å². The zero-order valence-corrected chi connectivity index (χ0v) is 20.0. The van der Waals surface area contributed by atoms with Gasteiger partial charge in [0.05, 0.1) is 19.8 Å². The van der Waals surface area contributed by atoms with Gasteiger partial charge in [-0.15, -0.1) is 0 Å². The summed E-state index contributed by atoms with van der Waals surface area (Å²) in [6.07, 6.45) is 2.29. The van der Waals surface area contributed by atoms with Crippen LogP contribution in [-0.2, 0) is 46.6 Å². The number of aliphatic hydroxyl groups is 2. The van der Waals surface area contributed by atoms with Crippen LogP contribution in [0, 0.1) is 0 Å². The van der Waals surface area contributed by atoms with Gasteiger partial charge < -0.3 is 38.4 Å². The smallest absolute Gasteiger partial charge is 0.345 e. The van der Waals surface area contributed by atoms with E-state index in [0.717, 1.165) is 6.08 Å². The van der Waals surface area contributed by atoms with E-state index in [4.69, 9.17) is 33.6 Å². The van der Waals surface area contributed by atoms with Gasteiger partial charge in [0.25, 0.3) is 0 Å². The summed E-state index contributed by atoms with van der Waals surface area (Å²) in [4.78, 5) is 45.5.